The molecule has 2 aromatic rings. The third-order valence-corrected chi connectivity index (χ3v) is 6.42. The van der Waals surface area contributed by atoms with Gasteiger partial charge in [0, 0.05) is 25.4 Å². The van der Waals surface area contributed by atoms with Gasteiger partial charge in [0.2, 0.25) is 17.6 Å². The summed E-state index contributed by atoms with van der Waals surface area (Å²) in [4.78, 5) is 19.4. The minimum atomic E-state index is 0.314. The lowest BCUT2D eigenvalue weighted by molar-refractivity contribution is -0.134. The van der Waals surface area contributed by atoms with Crippen molar-refractivity contribution in [2.75, 3.05) is 6.54 Å². The van der Waals surface area contributed by atoms with Crippen LogP contribution in [0.3, 0.4) is 0 Å². The van der Waals surface area contributed by atoms with Crippen molar-refractivity contribution in [3.8, 4) is 11.6 Å². The van der Waals surface area contributed by atoms with Crippen LogP contribution in [-0.2, 0) is 11.2 Å². The number of furan rings is 1. The first kappa shape index (κ1) is 16.1. The molecule has 4 aliphatic rings. The number of hydrogen-bond donors (Lipinski definition) is 0. The smallest absolute Gasteiger partial charge is 0.238 e. The number of rotatable bonds is 5. The fourth-order valence-corrected chi connectivity index (χ4v) is 5.49. The lowest BCUT2D eigenvalue weighted by Gasteiger charge is -2.39. The molecular weight excluding hydrogens is 330 g/mol. The Kier molecular flexibility index (Phi) is 4.06. The maximum atomic E-state index is 12.8. The van der Waals surface area contributed by atoms with Gasteiger partial charge in [0.1, 0.15) is 0 Å². The van der Waals surface area contributed by atoms with Gasteiger partial charge in [-0.3, -0.25) is 4.79 Å². The summed E-state index contributed by atoms with van der Waals surface area (Å²) >= 11 is 0. The standard InChI is InChI=1S/C20H25N3O3/c24-19(23-12-15-8-13-7-14(9-15)11-16(23)10-13)5-1-4-18-21-20(22-26-18)17-3-2-6-25-17/h2-3,6,13-16H,1,4-5,7-12H2/t13-,14+,15?,16?. The van der Waals surface area contributed by atoms with E-state index in [2.05, 4.69) is 15.0 Å². The van der Waals surface area contributed by atoms with E-state index in [1.807, 2.05) is 0 Å². The number of aryl methyl sites for hydroxylation is 1. The molecule has 1 amide bonds. The van der Waals surface area contributed by atoms with E-state index in [4.69, 9.17) is 8.94 Å². The summed E-state index contributed by atoms with van der Waals surface area (Å²) in [6.07, 6.45) is 10.1. The molecule has 2 saturated heterocycles. The Hall–Kier alpha value is -2.11. The zero-order valence-corrected chi connectivity index (χ0v) is 15.0. The number of fused-ring (bicyclic) bond motifs is 1. The van der Waals surface area contributed by atoms with Crippen molar-refractivity contribution in [1.29, 1.82) is 0 Å². The molecule has 26 heavy (non-hydrogen) atoms. The second-order valence-corrected chi connectivity index (χ2v) is 8.32. The maximum absolute atomic E-state index is 12.8. The van der Waals surface area contributed by atoms with Crippen LogP contribution >= 0.6 is 0 Å². The normalized spacial score (nSPS) is 29.9. The molecule has 4 fully saturated rings. The van der Waals surface area contributed by atoms with Crippen molar-refractivity contribution in [3.05, 3.63) is 24.3 Å². The minimum Gasteiger partial charge on any atom is -0.461 e. The predicted octanol–water partition coefficient (Wildman–Crippen LogP) is 3.69. The van der Waals surface area contributed by atoms with Crippen molar-refractivity contribution in [2.24, 2.45) is 17.8 Å². The van der Waals surface area contributed by atoms with E-state index in [0.29, 0.717) is 42.3 Å². The Morgan fingerprint density at radius 3 is 2.73 bits per heavy atom. The van der Waals surface area contributed by atoms with Crippen LogP contribution in [0, 0.1) is 17.8 Å². The van der Waals surface area contributed by atoms with Gasteiger partial charge in [0.05, 0.1) is 6.26 Å². The zero-order chi connectivity index (χ0) is 17.5. The van der Waals surface area contributed by atoms with Gasteiger partial charge in [-0.2, -0.15) is 4.98 Å². The van der Waals surface area contributed by atoms with Crippen molar-refractivity contribution >= 4 is 5.91 Å². The SMILES string of the molecule is O=C(CCCc1nc(-c2ccco2)no1)N1CC2C[C@@H]3CC1C[C@H](C2)C3. The minimum absolute atomic E-state index is 0.314. The third kappa shape index (κ3) is 3.06. The molecule has 6 rings (SSSR count). The van der Waals surface area contributed by atoms with E-state index < -0.39 is 0 Å². The summed E-state index contributed by atoms with van der Waals surface area (Å²) in [5.41, 5.74) is 0. The molecule has 0 radical (unpaired) electrons. The molecule has 0 aromatic carbocycles. The lowest BCUT2D eigenvalue weighted by Crippen LogP contribution is -2.42. The van der Waals surface area contributed by atoms with Crippen molar-refractivity contribution in [3.63, 3.8) is 0 Å². The maximum Gasteiger partial charge on any atom is 0.238 e. The highest BCUT2D eigenvalue weighted by Gasteiger charge is 2.43. The van der Waals surface area contributed by atoms with Crippen molar-refractivity contribution < 1.29 is 13.7 Å². The average molecular weight is 355 g/mol. The van der Waals surface area contributed by atoms with E-state index >= 15 is 0 Å². The van der Waals surface area contributed by atoms with Gasteiger partial charge in [-0.05, 0) is 68.4 Å². The molecule has 4 heterocycles. The largest absolute Gasteiger partial charge is 0.461 e. The molecule has 0 spiro atoms. The van der Waals surface area contributed by atoms with Crippen molar-refractivity contribution in [2.45, 2.75) is 57.4 Å². The monoisotopic (exact) mass is 355 g/mol. The fraction of sp³-hybridized carbons (Fsp3) is 0.650. The first-order valence-corrected chi connectivity index (χ1v) is 9.90. The van der Waals surface area contributed by atoms with Crippen LogP contribution in [0.1, 0.15) is 50.8 Å². The van der Waals surface area contributed by atoms with Crippen LogP contribution in [0.25, 0.3) is 11.6 Å². The topological polar surface area (TPSA) is 72.4 Å². The molecule has 2 unspecified atom stereocenters. The molecule has 4 atom stereocenters. The first-order chi connectivity index (χ1) is 12.7. The van der Waals surface area contributed by atoms with Gasteiger partial charge in [-0.1, -0.05) is 5.16 Å². The van der Waals surface area contributed by atoms with Crippen molar-refractivity contribution in [1.82, 2.24) is 15.0 Å². The molecular formula is C20H25N3O3. The van der Waals surface area contributed by atoms with Crippen LogP contribution in [0.4, 0.5) is 0 Å². The molecule has 6 heteroatoms. The van der Waals surface area contributed by atoms with Gasteiger partial charge in [0.15, 0.2) is 5.76 Å². The van der Waals surface area contributed by atoms with Gasteiger partial charge in [0.25, 0.3) is 0 Å². The number of carbonyl (C=O) groups excluding carboxylic acids is 1. The quantitative estimate of drug-likeness (QED) is 0.818. The molecule has 2 aliphatic carbocycles. The molecule has 0 N–H and O–H groups in total. The van der Waals surface area contributed by atoms with Gasteiger partial charge < -0.3 is 13.8 Å². The third-order valence-electron chi connectivity index (χ3n) is 6.42. The van der Waals surface area contributed by atoms with Gasteiger partial charge in [-0.25, -0.2) is 0 Å². The summed E-state index contributed by atoms with van der Waals surface area (Å²) in [5.74, 6) is 4.43. The Morgan fingerprint density at radius 1 is 1.15 bits per heavy atom. The highest BCUT2D eigenvalue weighted by atomic mass is 16.5. The highest BCUT2D eigenvalue weighted by molar-refractivity contribution is 5.76. The summed E-state index contributed by atoms with van der Waals surface area (Å²) in [6, 6.07) is 4.10. The molecule has 2 aromatic heterocycles. The van der Waals surface area contributed by atoms with Gasteiger partial charge in [-0.15, -0.1) is 0 Å². The molecule has 6 nitrogen and oxygen atoms in total. The average Bonchev–Trinajstić information content (AvgIpc) is 3.26. The van der Waals surface area contributed by atoms with E-state index in [-0.39, 0.29) is 0 Å². The fourth-order valence-electron chi connectivity index (χ4n) is 5.49. The Bertz CT molecular complexity index is 755. The van der Waals surface area contributed by atoms with Gasteiger partial charge >= 0.3 is 0 Å². The Morgan fingerprint density at radius 2 is 1.96 bits per heavy atom. The van der Waals surface area contributed by atoms with E-state index in [9.17, 15) is 4.79 Å². The molecule has 2 saturated carbocycles. The highest BCUT2D eigenvalue weighted by Crippen LogP contribution is 2.47. The van der Waals surface area contributed by atoms with E-state index in [1.54, 1.807) is 18.4 Å². The number of hydrogen-bond acceptors (Lipinski definition) is 5. The Labute approximate surface area is 152 Å². The van der Waals surface area contributed by atoms with E-state index in [0.717, 1.165) is 30.7 Å². The zero-order valence-electron chi connectivity index (χ0n) is 15.0. The van der Waals surface area contributed by atoms with Crippen LogP contribution in [0.5, 0.6) is 0 Å². The van der Waals surface area contributed by atoms with Crippen LogP contribution < -0.4 is 0 Å². The second-order valence-electron chi connectivity index (χ2n) is 8.32. The van der Waals surface area contributed by atoms with Crippen LogP contribution in [0.2, 0.25) is 0 Å². The number of nitrogens with zero attached hydrogens (tertiary/aromatic N) is 3. The van der Waals surface area contributed by atoms with Crippen LogP contribution in [-0.4, -0.2) is 33.5 Å². The first-order valence-electron chi connectivity index (χ1n) is 9.90. The molecule has 138 valence electrons. The summed E-state index contributed by atoms with van der Waals surface area (Å²) < 4.78 is 10.6. The van der Waals surface area contributed by atoms with Crippen LogP contribution in [0.15, 0.2) is 27.3 Å². The van der Waals surface area contributed by atoms with E-state index in [1.165, 1.54) is 32.1 Å². The summed E-state index contributed by atoms with van der Waals surface area (Å²) in [5, 5.41) is 3.94. The lowest BCUT2D eigenvalue weighted by atomic mass is 9.68. The summed E-state index contributed by atoms with van der Waals surface area (Å²) in [6.45, 7) is 0.986. The predicted molar refractivity (Wildman–Crippen MR) is 94.0 cm³/mol. The Balaban J connectivity index is 1.17. The molecule has 2 aliphatic heterocycles. The summed E-state index contributed by atoms with van der Waals surface area (Å²) in [7, 11) is 0. The molecule has 4 bridgehead atoms. The number of aromatic nitrogens is 2. The number of carbonyl (C=O) groups is 1. The number of amides is 1. The second kappa shape index (κ2) is 6.56.